The van der Waals surface area contributed by atoms with Gasteiger partial charge in [0.05, 0.1) is 12.7 Å². The number of thiophene rings is 1. The molecule has 0 radical (unpaired) electrons. The van der Waals surface area contributed by atoms with E-state index >= 15 is 0 Å². The highest BCUT2D eigenvalue weighted by Crippen LogP contribution is 2.38. The fourth-order valence-electron chi connectivity index (χ4n) is 2.58. The summed E-state index contributed by atoms with van der Waals surface area (Å²) in [6.07, 6.45) is 2.27. The number of fused-ring (bicyclic) bond motifs is 1. The van der Waals surface area contributed by atoms with Gasteiger partial charge in [0.25, 0.3) is 0 Å². The molecule has 24 heavy (non-hydrogen) atoms. The lowest BCUT2D eigenvalue weighted by Gasteiger charge is -2.26. The predicted molar refractivity (Wildman–Crippen MR) is 96.5 cm³/mol. The first-order chi connectivity index (χ1) is 11.7. The number of allylic oxidation sites excluding steroid dienone is 1. The molecule has 3 rings (SSSR count). The summed E-state index contributed by atoms with van der Waals surface area (Å²) in [6.45, 7) is 4.03. The minimum atomic E-state index is -0.347. The molecule has 0 saturated heterocycles. The van der Waals surface area contributed by atoms with Crippen LogP contribution in [0.15, 0.2) is 33.9 Å². The number of ether oxygens (including phenoxy) is 1. The number of rotatable bonds is 6. The van der Waals surface area contributed by atoms with E-state index in [4.69, 9.17) is 4.74 Å². The first-order valence-corrected chi connectivity index (χ1v) is 9.71. The fourth-order valence-corrected chi connectivity index (χ4v) is 4.31. The number of anilines is 1. The van der Waals surface area contributed by atoms with Gasteiger partial charge in [-0.05, 0) is 24.8 Å². The highest BCUT2D eigenvalue weighted by molar-refractivity contribution is 7.99. The molecule has 0 bridgehead atoms. The van der Waals surface area contributed by atoms with E-state index in [1.54, 1.807) is 27.8 Å². The first kappa shape index (κ1) is 17.0. The predicted octanol–water partition coefficient (Wildman–Crippen LogP) is 3.69. The summed E-state index contributed by atoms with van der Waals surface area (Å²) in [7, 11) is 1.40. The van der Waals surface area contributed by atoms with Crippen LogP contribution in [0.5, 0.6) is 0 Å². The van der Waals surface area contributed by atoms with Gasteiger partial charge in [-0.3, -0.25) is 0 Å². The Balaban J connectivity index is 2.00. The maximum absolute atomic E-state index is 12.3. The summed E-state index contributed by atoms with van der Waals surface area (Å²) >= 11 is 3.23. The minimum absolute atomic E-state index is 0.304. The number of unbranched alkanes of at least 4 members (excludes halogenated alkanes) is 1. The maximum Gasteiger partial charge on any atom is 0.338 e. The van der Waals surface area contributed by atoms with Crippen molar-refractivity contribution in [2.75, 3.05) is 18.2 Å². The molecule has 0 amide bonds. The summed E-state index contributed by atoms with van der Waals surface area (Å²) in [4.78, 5) is 17.9. The first-order valence-electron chi connectivity index (χ1n) is 7.84. The zero-order valence-corrected chi connectivity index (χ0v) is 15.5. The zero-order valence-electron chi connectivity index (χ0n) is 13.9. The third-order valence-electron chi connectivity index (χ3n) is 3.78. The van der Waals surface area contributed by atoms with Gasteiger partial charge in [0.2, 0.25) is 11.1 Å². The van der Waals surface area contributed by atoms with Crippen LogP contribution in [0.1, 0.15) is 37.6 Å². The molecular weight excluding hydrogens is 344 g/mol. The molecule has 128 valence electrons. The lowest BCUT2D eigenvalue weighted by Crippen LogP contribution is -2.28. The lowest BCUT2D eigenvalue weighted by atomic mass is 10.0. The number of esters is 1. The topological polar surface area (TPSA) is 69.0 Å². The van der Waals surface area contributed by atoms with E-state index in [9.17, 15) is 4.79 Å². The molecule has 3 heterocycles. The number of methoxy groups -OCH3 is 1. The van der Waals surface area contributed by atoms with Crippen LogP contribution in [-0.2, 0) is 9.53 Å². The highest BCUT2D eigenvalue weighted by Gasteiger charge is 2.35. The molecule has 1 aliphatic rings. The molecule has 8 heteroatoms. The molecule has 0 aromatic carbocycles. The molecule has 1 N–H and O–H groups in total. The molecule has 0 saturated carbocycles. The Morgan fingerprint density at radius 2 is 2.38 bits per heavy atom. The third-order valence-corrected chi connectivity index (χ3v) is 5.63. The van der Waals surface area contributed by atoms with Gasteiger partial charge in [0.1, 0.15) is 6.04 Å². The second-order valence-electron chi connectivity index (χ2n) is 5.44. The average molecular weight is 364 g/mol. The number of nitrogens with zero attached hydrogens (tertiary/aromatic N) is 3. The Morgan fingerprint density at radius 3 is 3.04 bits per heavy atom. The normalized spacial score (nSPS) is 16.7. The molecule has 0 spiro atoms. The van der Waals surface area contributed by atoms with Crippen molar-refractivity contribution < 1.29 is 9.53 Å². The number of thioether (sulfide) groups is 1. The Bertz CT molecular complexity index is 752. The molecule has 2 aromatic heterocycles. The van der Waals surface area contributed by atoms with Gasteiger partial charge in [0.15, 0.2) is 0 Å². The van der Waals surface area contributed by atoms with Crippen molar-refractivity contribution in [3.05, 3.63) is 33.7 Å². The van der Waals surface area contributed by atoms with Gasteiger partial charge in [-0.1, -0.05) is 31.2 Å². The van der Waals surface area contributed by atoms with Crippen molar-refractivity contribution in [3.8, 4) is 0 Å². The SMILES string of the molecule is CCCCSc1nc2n(n1)C(c1cccs1)C(C(=O)OC)=C(C)N2. The van der Waals surface area contributed by atoms with E-state index < -0.39 is 0 Å². The van der Waals surface area contributed by atoms with Crippen molar-refractivity contribution in [1.29, 1.82) is 0 Å². The average Bonchev–Trinajstić information content (AvgIpc) is 3.22. The van der Waals surface area contributed by atoms with Gasteiger partial charge >= 0.3 is 5.97 Å². The standard InChI is InChI=1S/C16H20N4O2S2/c1-4-5-8-24-16-18-15-17-10(2)12(14(21)22-3)13(20(15)19-16)11-7-6-9-23-11/h6-7,9,13H,4-5,8H2,1-3H3,(H,17,18,19). The van der Waals surface area contributed by atoms with Gasteiger partial charge < -0.3 is 10.1 Å². The Kier molecular flexibility index (Phi) is 5.25. The quantitative estimate of drug-likeness (QED) is 0.479. The number of nitrogens with one attached hydrogen (secondary N) is 1. The van der Waals surface area contributed by atoms with Crippen molar-refractivity contribution in [2.24, 2.45) is 0 Å². The second kappa shape index (κ2) is 7.40. The lowest BCUT2D eigenvalue weighted by molar-refractivity contribution is -0.136. The molecule has 1 atom stereocenters. The summed E-state index contributed by atoms with van der Waals surface area (Å²) in [5.41, 5.74) is 1.33. The molecular formula is C16H20N4O2S2. The number of hydrogen-bond acceptors (Lipinski definition) is 7. The molecule has 0 fully saturated rings. The summed E-state index contributed by atoms with van der Waals surface area (Å²) in [5.74, 6) is 1.30. The number of aromatic nitrogens is 3. The molecule has 1 aliphatic heterocycles. The second-order valence-corrected chi connectivity index (χ2v) is 7.48. The Morgan fingerprint density at radius 1 is 1.54 bits per heavy atom. The fraction of sp³-hybridized carbons (Fsp3) is 0.438. The molecule has 2 aromatic rings. The van der Waals surface area contributed by atoms with Crippen LogP contribution in [0.2, 0.25) is 0 Å². The van der Waals surface area contributed by atoms with Crippen molar-refractivity contribution in [1.82, 2.24) is 14.8 Å². The number of carbonyl (C=O) groups is 1. The van der Waals surface area contributed by atoms with Crippen LogP contribution in [-0.4, -0.2) is 33.6 Å². The largest absolute Gasteiger partial charge is 0.466 e. The number of carbonyl (C=O) groups excluding carboxylic acids is 1. The third kappa shape index (κ3) is 3.21. The van der Waals surface area contributed by atoms with E-state index in [0.717, 1.165) is 34.3 Å². The van der Waals surface area contributed by atoms with E-state index in [2.05, 4.69) is 22.3 Å². The van der Waals surface area contributed by atoms with Crippen LogP contribution < -0.4 is 5.32 Å². The Labute approximate surface area is 149 Å². The Hall–Kier alpha value is -1.80. The van der Waals surface area contributed by atoms with E-state index in [-0.39, 0.29) is 12.0 Å². The van der Waals surface area contributed by atoms with E-state index in [0.29, 0.717) is 11.5 Å². The summed E-state index contributed by atoms with van der Waals surface area (Å²) < 4.78 is 6.78. The van der Waals surface area contributed by atoms with Crippen molar-refractivity contribution >= 4 is 35.0 Å². The van der Waals surface area contributed by atoms with E-state index in [1.165, 1.54) is 7.11 Å². The molecule has 6 nitrogen and oxygen atoms in total. The van der Waals surface area contributed by atoms with Crippen molar-refractivity contribution in [3.63, 3.8) is 0 Å². The van der Waals surface area contributed by atoms with Gasteiger partial charge in [-0.25, -0.2) is 9.48 Å². The van der Waals surface area contributed by atoms with Gasteiger partial charge in [-0.2, -0.15) is 4.98 Å². The molecule has 1 unspecified atom stereocenters. The van der Waals surface area contributed by atoms with Crippen LogP contribution in [0, 0.1) is 0 Å². The maximum atomic E-state index is 12.3. The summed E-state index contributed by atoms with van der Waals surface area (Å²) in [5, 5.41) is 10.5. The van der Waals surface area contributed by atoms with Crippen LogP contribution in [0.3, 0.4) is 0 Å². The van der Waals surface area contributed by atoms with E-state index in [1.807, 2.05) is 24.4 Å². The monoisotopic (exact) mass is 364 g/mol. The number of hydrogen-bond donors (Lipinski definition) is 1. The van der Waals surface area contributed by atoms with Crippen molar-refractivity contribution in [2.45, 2.75) is 37.9 Å². The van der Waals surface area contributed by atoms with Crippen LogP contribution in [0.25, 0.3) is 0 Å². The highest BCUT2D eigenvalue weighted by atomic mass is 32.2. The minimum Gasteiger partial charge on any atom is -0.466 e. The smallest absolute Gasteiger partial charge is 0.338 e. The van der Waals surface area contributed by atoms with Crippen LogP contribution in [0.4, 0.5) is 5.95 Å². The zero-order chi connectivity index (χ0) is 17.1. The van der Waals surface area contributed by atoms with Gasteiger partial charge in [-0.15, -0.1) is 16.4 Å². The summed E-state index contributed by atoms with van der Waals surface area (Å²) in [6, 6.07) is 3.67. The molecule has 0 aliphatic carbocycles. The van der Waals surface area contributed by atoms with Gasteiger partial charge in [0, 0.05) is 16.3 Å². The van der Waals surface area contributed by atoms with Crippen LogP contribution >= 0.6 is 23.1 Å².